The summed E-state index contributed by atoms with van der Waals surface area (Å²) in [4.78, 5) is 12.2. The van der Waals surface area contributed by atoms with E-state index in [9.17, 15) is 9.90 Å². The molecular weight excluding hydrogens is 388 g/mol. The summed E-state index contributed by atoms with van der Waals surface area (Å²) in [7, 11) is 3.10. The van der Waals surface area contributed by atoms with Gasteiger partial charge in [0.2, 0.25) is 0 Å². The summed E-state index contributed by atoms with van der Waals surface area (Å²) in [6.45, 7) is 0. The molecule has 2 N–H and O–H groups in total. The second kappa shape index (κ2) is 8.20. The summed E-state index contributed by atoms with van der Waals surface area (Å²) < 4.78 is 21.7. The summed E-state index contributed by atoms with van der Waals surface area (Å²) in [5.41, 5.74) is 4.25. The number of methoxy groups -OCH3 is 2. The number of amides is 1. The third-order valence-electron chi connectivity index (χ3n) is 4.75. The molecule has 1 amide bonds. The van der Waals surface area contributed by atoms with Crippen LogP contribution in [-0.4, -0.2) is 30.9 Å². The number of carbonyl (C=O) groups is 1. The molecule has 1 aliphatic rings. The number of phenols is 1. The zero-order valence-electron chi connectivity index (χ0n) is 16.4. The molecule has 0 bridgehead atoms. The van der Waals surface area contributed by atoms with Gasteiger partial charge >= 0.3 is 5.91 Å². The minimum atomic E-state index is -0.491. The van der Waals surface area contributed by atoms with Gasteiger partial charge in [-0.15, -0.1) is 0 Å². The third-order valence-corrected chi connectivity index (χ3v) is 4.75. The van der Waals surface area contributed by atoms with Gasteiger partial charge in [-0.1, -0.05) is 12.1 Å². The first-order chi connectivity index (χ1) is 14.6. The normalized spacial score (nSPS) is 16.5. The molecule has 4 rings (SSSR count). The maximum Gasteiger partial charge on any atom is 0.307 e. The van der Waals surface area contributed by atoms with Crippen LogP contribution in [0.25, 0.3) is 0 Å². The van der Waals surface area contributed by atoms with Crippen LogP contribution in [0, 0.1) is 0 Å². The van der Waals surface area contributed by atoms with E-state index in [0.29, 0.717) is 29.2 Å². The van der Waals surface area contributed by atoms with E-state index in [0.717, 1.165) is 11.3 Å². The van der Waals surface area contributed by atoms with Crippen LogP contribution in [0.4, 0.5) is 0 Å². The minimum Gasteiger partial charge on any atom is -0.507 e. The van der Waals surface area contributed by atoms with Crippen LogP contribution in [0.3, 0.4) is 0 Å². The molecule has 0 saturated carbocycles. The second-order valence-electron chi connectivity index (χ2n) is 6.58. The van der Waals surface area contributed by atoms with Crippen LogP contribution in [0.2, 0.25) is 0 Å². The van der Waals surface area contributed by atoms with Gasteiger partial charge in [0.1, 0.15) is 29.1 Å². The summed E-state index contributed by atoms with van der Waals surface area (Å²) in [5.74, 6) is 1.18. The molecule has 0 unspecified atom stereocenters. The average molecular weight is 408 g/mol. The van der Waals surface area contributed by atoms with Gasteiger partial charge in [0.05, 0.1) is 31.8 Å². The van der Waals surface area contributed by atoms with E-state index in [1.807, 2.05) is 24.3 Å². The monoisotopic (exact) mass is 408 g/mol. The number of rotatable bonds is 5. The fraction of sp³-hybridized carbons (Fsp3) is 0.182. The molecule has 1 aromatic heterocycles. The Hall–Kier alpha value is -3.94. The number of carbonyl (C=O) groups excluding carboxylic acids is 1. The van der Waals surface area contributed by atoms with Crippen molar-refractivity contribution in [2.24, 2.45) is 5.10 Å². The van der Waals surface area contributed by atoms with E-state index < -0.39 is 5.91 Å². The lowest BCUT2D eigenvalue weighted by Gasteiger charge is -2.28. The smallest absolute Gasteiger partial charge is 0.307 e. The Kier molecular flexibility index (Phi) is 5.30. The molecule has 3 aromatic rings. The highest BCUT2D eigenvalue weighted by molar-refractivity contribution is 6.07. The minimum absolute atomic E-state index is 0.0523. The van der Waals surface area contributed by atoms with Gasteiger partial charge in [0.15, 0.2) is 5.76 Å². The highest BCUT2D eigenvalue weighted by Gasteiger charge is 2.30. The Bertz CT molecular complexity index is 1070. The Balaban J connectivity index is 1.70. The number of nitrogens with zero attached hydrogens (tertiary/aromatic N) is 1. The summed E-state index contributed by atoms with van der Waals surface area (Å²) in [6.07, 6.45) is 1.36. The summed E-state index contributed by atoms with van der Waals surface area (Å²) in [5, 5.41) is 14.8. The van der Waals surface area contributed by atoms with Crippen molar-refractivity contribution in [2.75, 3.05) is 14.2 Å². The molecule has 8 nitrogen and oxygen atoms in total. The van der Waals surface area contributed by atoms with Crippen LogP contribution >= 0.6 is 0 Å². The van der Waals surface area contributed by atoms with Crippen molar-refractivity contribution in [1.29, 1.82) is 0 Å². The number of hydrogen-bond donors (Lipinski definition) is 2. The molecule has 30 heavy (non-hydrogen) atoms. The average Bonchev–Trinajstić information content (AvgIpc) is 3.32. The van der Waals surface area contributed by atoms with Crippen molar-refractivity contribution in [3.63, 3.8) is 0 Å². The van der Waals surface area contributed by atoms with Crippen molar-refractivity contribution >= 4 is 11.6 Å². The molecule has 2 aromatic carbocycles. The number of benzene rings is 2. The first kappa shape index (κ1) is 19.4. The number of fused-ring (bicyclic) bond motifs is 1. The number of aromatic hydroxyl groups is 1. The lowest BCUT2D eigenvalue weighted by molar-refractivity contribution is 0.0926. The SMILES string of the molecule is COc1ccc([C@@H]2C/C(=N\NC(=O)c3ccco3)c3c(O)cc(OC)cc3O2)cc1. The molecule has 0 aliphatic carbocycles. The van der Waals surface area contributed by atoms with Crippen molar-refractivity contribution < 1.29 is 28.5 Å². The van der Waals surface area contributed by atoms with Gasteiger partial charge in [-0.2, -0.15) is 5.10 Å². The second-order valence-corrected chi connectivity index (χ2v) is 6.58. The van der Waals surface area contributed by atoms with E-state index in [1.165, 1.54) is 25.5 Å². The fourth-order valence-corrected chi connectivity index (χ4v) is 3.24. The first-order valence-corrected chi connectivity index (χ1v) is 9.21. The molecule has 0 saturated heterocycles. The Morgan fingerprint density at radius 3 is 2.57 bits per heavy atom. The lowest BCUT2D eigenvalue weighted by atomic mass is 9.94. The number of furan rings is 1. The Morgan fingerprint density at radius 1 is 1.13 bits per heavy atom. The third kappa shape index (κ3) is 3.80. The Labute approximate surface area is 172 Å². The van der Waals surface area contributed by atoms with Gasteiger partial charge in [-0.3, -0.25) is 4.79 Å². The summed E-state index contributed by atoms with van der Waals surface area (Å²) in [6, 6.07) is 13.8. The summed E-state index contributed by atoms with van der Waals surface area (Å²) >= 11 is 0. The van der Waals surface area contributed by atoms with E-state index in [-0.39, 0.29) is 17.6 Å². The topological polar surface area (TPSA) is 103 Å². The maximum atomic E-state index is 12.2. The molecule has 0 radical (unpaired) electrons. The molecule has 0 fully saturated rings. The van der Waals surface area contributed by atoms with Crippen molar-refractivity contribution in [2.45, 2.75) is 12.5 Å². The molecular formula is C22H20N2O6. The standard InChI is InChI=1S/C22H20N2O6/c1-27-14-7-5-13(6-8-14)19-12-16(23-24-22(26)18-4-3-9-29-18)21-17(25)10-15(28-2)11-20(21)30-19/h3-11,19,25H,12H2,1-2H3,(H,24,26)/b23-16+/t19-/m0/s1. The van der Waals surface area contributed by atoms with Gasteiger partial charge in [-0.25, -0.2) is 5.43 Å². The van der Waals surface area contributed by atoms with E-state index in [2.05, 4.69) is 10.5 Å². The number of hydrogen-bond acceptors (Lipinski definition) is 7. The first-order valence-electron chi connectivity index (χ1n) is 9.21. The zero-order chi connectivity index (χ0) is 21.1. The zero-order valence-corrected chi connectivity index (χ0v) is 16.4. The highest BCUT2D eigenvalue weighted by atomic mass is 16.5. The molecule has 154 valence electrons. The highest BCUT2D eigenvalue weighted by Crippen LogP contribution is 2.42. The number of nitrogens with one attached hydrogen (secondary N) is 1. The van der Waals surface area contributed by atoms with Crippen molar-refractivity contribution in [1.82, 2.24) is 5.43 Å². The van der Waals surface area contributed by atoms with Crippen LogP contribution in [0.1, 0.15) is 34.2 Å². The van der Waals surface area contributed by atoms with Crippen LogP contribution < -0.4 is 19.6 Å². The van der Waals surface area contributed by atoms with Gasteiger partial charge < -0.3 is 23.7 Å². The molecule has 2 heterocycles. The predicted molar refractivity (Wildman–Crippen MR) is 108 cm³/mol. The number of hydrazone groups is 1. The van der Waals surface area contributed by atoms with Crippen LogP contribution in [0.15, 0.2) is 64.3 Å². The van der Waals surface area contributed by atoms with Crippen molar-refractivity contribution in [3.05, 3.63) is 71.7 Å². The molecule has 1 atom stereocenters. The van der Waals surface area contributed by atoms with Crippen molar-refractivity contribution in [3.8, 4) is 23.0 Å². The van der Waals surface area contributed by atoms with E-state index in [1.54, 1.807) is 19.2 Å². The maximum absolute atomic E-state index is 12.2. The molecule has 1 aliphatic heterocycles. The fourth-order valence-electron chi connectivity index (χ4n) is 3.24. The van der Waals surface area contributed by atoms with Gasteiger partial charge in [0, 0.05) is 18.6 Å². The lowest BCUT2D eigenvalue weighted by Crippen LogP contribution is -2.25. The van der Waals surface area contributed by atoms with E-state index >= 15 is 0 Å². The number of ether oxygens (including phenoxy) is 3. The van der Waals surface area contributed by atoms with E-state index in [4.69, 9.17) is 18.6 Å². The molecule has 0 spiro atoms. The van der Waals surface area contributed by atoms with Crippen LogP contribution in [-0.2, 0) is 0 Å². The molecule has 8 heteroatoms. The van der Waals surface area contributed by atoms with Gasteiger partial charge in [0.25, 0.3) is 0 Å². The van der Waals surface area contributed by atoms with Crippen LogP contribution in [0.5, 0.6) is 23.0 Å². The Morgan fingerprint density at radius 2 is 1.90 bits per heavy atom. The predicted octanol–water partition coefficient (Wildman–Crippen LogP) is 3.66. The van der Waals surface area contributed by atoms with Gasteiger partial charge in [-0.05, 0) is 29.8 Å². The number of phenolic OH excluding ortho intramolecular Hbond substituents is 1. The quantitative estimate of drug-likeness (QED) is 0.625. The largest absolute Gasteiger partial charge is 0.507 e.